The van der Waals surface area contributed by atoms with Crippen LogP contribution in [0.15, 0.2) is 36.8 Å². The first-order valence-corrected chi connectivity index (χ1v) is 6.14. The first-order chi connectivity index (χ1) is 10.1. The normalized spacial score (nSPS) is 10.7. The molecule has 8 heteroatoms. The number of amides is 1. The Labute approximate surface area is 120 Å². The Morgan fingerprint density at radius 1 is 1.43 bits per heavy atom. The molecule has 0 atom stereocenters. The van der Waals surface area contributed by atoms with E-state index >= 15 is 0 Å². The summed E-state index contributed by atoms with van der Waals surface area (Å²) < 4.78 is 1.36. The lowest BCUT2D eigenvalue weighted by Gasteiger charge is -2.01. The average Bonchev–Trinajstić information content (AvgIpc) is 2.95. The number of nitrogens with one attached hydrogen (secondary N) is 1. The third-order valence-corrected chi connectivity index (χ3v) is 2.51. The first kappa shape index (κ1) is 14.4. The standard InChI is InChI=1S/C13H13N5O3/c19-12(4-3-10-2-1-5-14-8-10)15-6-7-18-9-11(13(20)21)16-17-18/h1-5,8-9H,6-7H2,(H,15,19)(H,20,21). The molecule has 8 nitrogen and oxygen atoms in total. The molecule has 0 saturated heterocycles. The summed E-state index contributed by atoms with van der Waals surface area (Å²) in [5.74, 6) is -1.39. The molecule has 0 aliphatic carbocycles. The summed E-state index contributed by atoms with van der Waals surface area (Å²) in [6, 6.07) is 3.61. The van der Waals surface area contributed by atoms with Crippen LogP contribution in [0.1, 0.15) is 16.1 Å². The lowest BCUT2D eigenvalue weighted by Crippen LogP contribution is -2.25. The monoisotopic (exact) mass is 287 g/mol. The number of aromatic nitrogens is 4. The van der Waals surface area contributed by atoms with Gasteiger partial charge in [-0.1, -0.05) is 11.3 Å². The lowest BCUT2D eigenvalue weighted by atomic mass is 10.2. The summed E-state index contributed by atoms with van der Waals surface area (Å²) in [5, 5.41) is 18.5. The van der Waals surface area contributed by atoms with Crippen LogP contribution in [0.3, 0.4) is 0 Å². The Hall–Kier alpha value is -3.03. The molecule has 0 aliphatic heterocycles. The number of hydrogen-bond donors (Lipinski definition) is 2. The van der Waals surface area contributed by atoms with Gasteiger partial charge in [-0.25, -0.2) is 9.48 Å². The summed E-state index contributed by atoms with van der Waals surface area (Å²) in [6.07, 6.45) is 7.66. The SMILES string of the molecule is O=C(C=Cc1cccnc1)NCCn1cc(C(=O)O)nn1. The van der Waals surface area contributed by atoms with Crippen molar-refractivity contribution in [3.8, 4) is 0 Å². The molecule has 0 fully saturated rings. The molecule has 0 bridgehead atoms. The van der Waals surface area contributed by atoms with Crippen molar-refractivity contribution < 1.29 is 14.7 Å². The predicted molar refractivity (Wildman–Crippen MR) is 73.3 cm³/mol. The van der Waals surface area contributed by atoms with Gasteiger partial charge in [0.25, 0.3) is 0 Å². The second kappa shape index (κ2) is 6.94. The topological polar surface area (TPSA) is 110 Å². The van der Waals surface area contributed by atoms with Gasteiger partial charge in [0.1, 0.15) is 0 Å². The first-order valence-electron chi connectivity index (χ1n) is 6.14. The van der Waals surface area contributed by atoms with E-state index in [4.69, 9.17) is 5.11 Å². The molecule has 2 aromatic rings. The fraction of sp³-hybridized carbons (Fsp3) is 0.154. The molecule has 2 N–H and O–H groups in total. The summed E-state index contributed by atoms with van der Waals surface area (Å²) in [6.45, 7) is 0.658. The number of rotatable bonds is 6. The minimum atomic E-state index is -1.13. The quantitative estimate of drug-likeness (QED) is 0.734. The third-order valence-electron chi connectivity index (χ3n) is 2.51. The smallest absolute Gasteiger partial charge is 0.358 e. The maximum Gasteiger partial charge on any atom is 0.358 e. The van der Waals surface area contributed by atoms with Crippen LogP contribution in [-0.2, 0) is 11.3 Å². The highest BCUT2D eigenvalue weighted by atomic mass is 16.4. The van der Waals surface area contributed by atoms with E-state index in [1.165, 1.54) is 17.0 Å². The van der Waals surface area contributed by atoms with Crippen molar-refractivity contribution >= 4 is 18.0 Å². The van der Waals surface area contributed by atoms with E-state index in [9.17, 15) is 9.59 Å². The Morgan fingerprint density at radius 3 is 2.95 bits per heavy atom. The molecular weight excluding hydrogens is 274 g/mol. The third kappa shape index (κ3) is 4.53. The molecule has 0 aliphatic rings. The number of pyridine rings is 1. The number of carboxylic acid groups (broad SMARTS) is 1. The number of aromatic carboxylic acids is 1. The zero-order chi connectivity index (χ0) is 15.1. The largest absolute Gasteiger partial charge is 0.476 e. The average molecular weight is 287 g/mol. The van der Waals surface area contributed by atoms with Crippen LogP contribution in [-0.4, -0.2) is 43.5 Å². The van der Waals surface area contributed by atoms with Crippen molar-refractivity contribution in [3.63, 3.8) is 0 Å². The van der Waals surface area contributed by atoms with Crippen LogP contribution in [0.5, 0.6) is 0 Å². The predicted octanol–water partition coefficient (Wildman–Crippen LogP) is 0.201. The molecule has 108 valence electrons. The molecule has 2 aromatic heterocycles. The summed E-state index contributed by atoms with van der Waals surface area (Å²) in [5.41, 5.74) is 0.702. The highest BCUT2D eigenvalue weighted by molar-refractivity contribution is 5.91. The number of nitrogens with zero attached hydrogens (tertiary/aromatic N) is 4. The molecular formula is C13H13N5O3. The van der Waals surface area contributed by atoms with Crippen molar-refractivity contribution in [2.24, 2.45) is 0 Å². The molecule has 0 unspecified atom stereocenters. The van der Waals surface area contributed by atoms with Gasteiger partial charge in [-0.15, -0.1) is 5.10 Å². The van der Waals surface area contributed by atoms with Gasteiger partial charge in [-0.2, -0.15) is 0 Å². The molecule has 2 rings (SSSR count). The fourth-order valence-electron chi connectivity index (χ4n) is 1.50. The van der Waals surface area contributed by atoms with Gasteiger partial charge in [0.15, 0.2) is 5.69 Å². The molecule has 0 aromatic carbocycles. The maximum atomic E-state index is 11.6. The van der Waals surface area contributed by atoms with Gasteiger partial charge in [0.05, 0.1) is 12.7 Å². The highest BCUT2D eigenvalue weighted by Gasteiger charge is 2.07. The second-order valence-corrected chi connectivity index (χ2v) is 4.08. The minimum absolute atomic E-state index is 0.127. The van der Waals surface area contributed by atoms with Crippen molar-refractivity contribution in [1.29, 1.82) is 0 Å². The minimum Gasteiger partial charge on any atom is -0.476 e. The molecule has 1 amide bonds. The van der Waals surface area contributed by atoms with Crippen molar-refractivity contribution in [2.45, 2.75) is 6.54 Å². The van der Waals surface area contributed by atoms with Crippen LogP contribution in [0, 0.1) is 0 Å². The zero-order valence-electron chi connectivity index (χ0n) is 11.0. The second-order valence-electron chi connectivity index (χ2n) is 4.08. The Kier molecular flexibility index (Phi) is 4.75. The van der Waals surface area contributed by atoms with E-state index in [0.29, 0.717) is 13.1 Å². The number of carbonyl (C=O) groups is 2. The number of carboxylic acids is 1. The summed E-state index contributed by atoms with van der Waals surface area (Å²) >= 11 is 0. The van der Waals surface area contributed by atoms with Gasteiger partial charge < -0.3 is 10.4 Å². The lowest BCUT2D eigenvalue weighted by molar-refractivity contribution is -0.116. The number of hydrogen-bond acceptors (Lipinski definition) is 5. The van der Waals surface area contributed by atoms with Crippen LogP contribution >= 0.6 is 0 Å². The fourth-order valence-corrected chi connectivity index (χ4v) is 1.50. The Morgan fingerprint density at radius 2 is 2.29 bits per heavy atom. The van der Waals surface area contributed by atoms with E-state index in [1.807, 2.05) is 6.07 Å². The van der Waals surface area contributed by atoms with E-state index in [-0.39, 0.29) is 11.6 Å². The van der Waals surface area contributed by atoms with Crippen LogP contribution < -0.4 is 5.32 Å². The van der Waals surface area contributed by atoms with Gasteiger partial charge in [0, 0.05) is 25.0 Å². The number of carbonyl (C=O) groups excluding carboxylic acids is 1. The van der Waals surface area contributed by atoms with Crippen LogP contribution in [0.4, 0.5) is 0 Å². The van der Waals surface area contributed by atoms with Crippen LogP contribution in [0.2, 0.25) is 0 Å². The summed E-state index contributed by atoms with van der Waals surface area (Å²) in [7, 11) is 0. The molecule has 0 spiro atoms. The van der Waals surface area contributed by atoms with E-state index in [0.717, 1.165) is 5.56 Å². The highest BCUT2D eigenvalue weighted by Crippen LogP contribution is 1.98. The van der Waals surface area contributed by atoms with E-state index in [2.05, 4.69) is 20.6 Å². The zero-order valence-corrected chi connectivity index (χ0v) is 11.0. The van der Waals surface area contributed by atoms with Crippen molar-refractivity contribution in [3.05, 3.63) is 48.1 Å². The molecule has 0 radical (unpaired) electrons. The van der Waals surface area contributed by atoms with Crippen molar-refractivity contribution in [1.82, 2.24) is 25.3 Å². The van der Waals surface area contributed by atoms with E-state index < -0.39 is 5.97 Å². The molecule has 0 saturated carbocycles. The van der Waals surface area contributed by atoms with Gasteiger partial charge >= 0.3 is 5.97 Å². The maximum absolute atomic E-state index is 11.6. The van der Waals surface area contributed by atoms with Crippen molar-refractivity contribution in [2.75, 3.05) is 6.54 Å². The Bertz CT molecular complexity index is 651. The van der Waals surface area contributed by atoms with E-state index in [1.54, 1.807) is 24.5 Å². The van der Waals surface area contributed by atoms with Gasteiger partial charge in [-0.05, 0) is 17.7 Å². The molecule has 2 heterocycles. The van der Waals surface area contributed by atoms with Gasteiger partial charge in [0.2, 0.25) is 5.91 Å². The molecule has 21 heavy (non-hydrogen) atoms. The summed E-state index contributed by atoms with van der Waals surface area (Å²) in [4.78, 5) is 26.1. The Balaban J connectivity index is 1.76. The van der Waals surface area contributed by atoms with Crippen LogP contribution in [0.25, 0.3) is 6.08 Å². The van der Waals surface area contributed by atoms with Gasteiger partial charge in [-0.3, -0.25) is 9.78 Å².